The zero-order chi connectivity index (χ0) is 8.81. The van der Waals surface area contributed by atoms with Crippen molar-refractivity contribution in [2.75, 3.05) is 18.1 Å². The van der Waals surface area contributed by atoms with Crippen LogP contribution in [0.2, 0.25) is 0 Å². The Morgan fingerprint density at radius 1 is 1.17 bits per heavy atom. The molecule has 0 aromatic heterocycles. The normalized spacial score (nSPS) is 28.5. The number of thioether (sulfide) groups is 2. The summed E-state index contributed by atoms with van der Waals surface area (Å²) in [6.45, 7) is 3.10. The van der Waals surface area contributed by atoms with E-state index >= 15 is 0 Å². The lowest BCUT2D eigenvalue weighted by Gasteiger charge is -2.35. The Labute approximate surface area is 84.2 Å². The highest BCUT2D eigenvalue weighted by Gasteiger charge is 2.30. The number of hydrogen-bond acceptors (Lipinski definition) is 3. The SMILES string of the molecule is CCCSC1CCC1SCCN. The minimum absolute atomic E-state index is 0.840. The van der Waals surface area contributed by atoms with Crippen LogP contribution in [0.5, 0.6) is 0 Å². The van der Waals surface area contributed by atoms with Gasteiger partial charge in [-0.15, -0.1) is 0 Å². The largest absolute Gasteiger partial charge is 0.330 e. The van der Waals surface area contributed by atoms with Crippen LogP contribution < -0.4 is 5.73 Å². The lowest BCUT2D eigenvalue weighted by molar-refractivity contribution is 0.540. The molecule has 1 aliphatic rings. The van der Waals surface area contributed by atoms with Crippen molar-refractivity contribution in [1.82, 2.24) is 0 Å². The van der Waals surface area contributed by atoms with Crippen LogP contribution in [0.25, 0.3) is 0 Å². The molecule has 1 nitrogen and oxygen atoms in total. The average Bonchev–Trinajstić information content (AvgIpc) is 2.04. The van der Waals surface area contributed by atoms with Gasteiger partial charge in [0.25, 0.3) is 0 Å². The van der Waals surface area contributed by atoms with Gasteiger partial charge in [0.05, 0.1) is 0 Å². The maximum absolute atomic E-state index is 5.47. The van der Waals surface area contributed by atoms with Gasteiger partial charge in [-0.3, -0.25) is 0 Å². The second-order valence-corrected chi connectivity index (χ2v) is 5.88. The maximum Gasteiger partial charge on any atom is 0.0167 e. The summed E-state index contributed by atoms with van der Waals surface area (Å²) in [4.78, 5) is 0. The summed E-state index contributed by atoms with van der Waals surface area (Å²) in [6.07, 6.45) is 4.17. The molecule has 72 valence electrons. The molecule has 0 spiro atoms. The van der Waals surface area contributed by atoms with Gasteiger partial charge in [0.15, 0.2) is 0 Å². The molecule has 0 heterocycles. The van der Waals surface area contributed by atoms with E-state index in [4.69, 9.17) is 5.73 Å². The highest BCUT2D eigenvalue weighted by molar-refractivity contribution is 8.03. The first kappa shape index (κ1) is 10.7. The van der Waals surface area contributed by atoms with E-state index in [1.165, 1.54) is 25.0 Å². The fourth-order valence-electron chi connectivity index (χ4n) is 1.31. The Kier molecular flexibility index (Phi) is 5.52. The van der Waals surface area contributed by atoms with Crippen LogP contribution in [0.4, 0.5) is 0 Å². The Morgan fingerprint density at radius 2 is 1.75 bits per heavy atom. The van der Waals surface area contributed by atoms with Crippen LogP contribution >= 0.6 is 23.5 Å². The van der Waals surface area contributed by atoms with Crippen molar-refractivity contribution in [1.29, 1.82) is 0 Å². The molecule has 1 fully saturated rings. The Balaban J connectivity index is 2.03. The van der Waals surface area contributed by atoms with Gasteiger partial charge in [-0.2, -0.15) is 23.5 Å². The summed E-state index contributed by atoms with van der Waals surface area (Å²) < 4.78 is 0. The molecule has 12 heavy (non-hydrogen) atoms. The van der Waals surface area contributed by atoms with Gasteiger partial charge in [0, 0.05) is 22.8 Å². The van der Waals surface area contributed by atoms with E-state index in [1.54, 1.807) is 0 Å². The number of rotatable bonds is 6. The van der Waals surface area contributed by atoms with Crippen molar-refractivity contribution in [3.05, 3.63) is 0 Å². The van der Waals surface area contributed by atoms with Crippen molar-refractivity contribution in [3.8, 4) is 0 Å². The highest BCUT2D eigenvalue weighted by atomic mass is 32.2. The average molecular weight is 205 g/mol. The van der Waals surface area contributed by atoms with Gasteiger partial charge in [-0.05, 0) is 25.0 Å². The monoisotopic (exact) mass is 205 g/mol. The van der Waals surface area contributed by atoms with Crippen LogP contribution in [-0.4, -0.2) is 28.6 Å². The Morgan fingerprint density at radius 3 is 2.17 bits per heavy atom. The third-order valence-corrected chi connectivity index (χ3v) is 5.41. The molecule has 1 rings (SSSR count). The maximum atomic E-state index is 5.47. The Bertz CT molecular complexity index is 105. The minimum atomic E-state index is 0.840. The van der Waals surface area contributed by atoms with E-state index in [0.29, 0.717) is 0 Å². The fourth-order valence-corrected chi connectivity index (χ4v) is 4.06. The van der Waals surface area contributed by atoms with Crippen molar-refractivity contribution in [2.45, 2.75) is 36.7 Å². The predicted octanol–water partition coefficient (Wildman–Crippen LogP) is 2.35. The van der Waals surface area contributed by atoms with Gasteiger partial charge in [0.1, 0.15) is 0 Å². The summed E-state index contributed by atoms with van der Waals surface area (Å²) in [5, 5.41) is 1.87. The smallest absolute Gasteiger partial charge is 0.0167 e. The lowest BCUT2D eigenvalue weighted by atomic mass is 9.99. The van der Waals surface area contributed by atoms with Crippen molar-refractivity contribution >= 4 is 23.5 Å². The third kappa shape index (κ3) is 3.19. The van der Waals surface area contributed by atoms with Gasteiger partial charge >= 0.3 is 0 Å². The quantitative estimate of drug-likeness (QED) is 0.721. The van der Waals surface area contributed by atoms with Gasteiger partial charge in [0.2, 0.25) is 0 Å². The zero-order valence-electron chi connectivity index (χ0n) is 7.79. The second kappa shape index (κ2) is 6.17. The van der Waals surface area contributed by atoms with Gasteiger partial charge in [-0.1, -0.05) is 6.92 Å². The molecule has 3 heteroatoms. The van der Waals surface area contributed by atoms with Crippen LogP contribution in [0.1, 0.15) is 26.2 Å². The summed E-state index contributed by atoms with van der Waals surface area (Å²) in [7, 11) is 0. The van der Waals surface area contributed by atoms with Gasteiger partial charge < -0.3 is 5.73 Å². The first-order valence-electron chi connectivity index (χ1n) is 4.81. The van der Waals surface area contributed by atoms with E-state index in [0.717, 1.165) is 22.8 Å². The molecular weight excluding hydrogens is 186 g/mol. The molecule has 0 bridgehead atoms. The van der Waals surface area contributed by atoms with E-state index < -0.39 is 0 Å². The predicted molar refractivity (Wildman–Crippen MR) is 61.1 cm³/mol. The van der Waals surface area contributed by atoms with E-state index in [-0.39, 0.29) is 0 Å². The molecular formula is C9H19NS2. The molecule has 1 aliphatic carbocycles. The van der Waals surface area contributed by atoms with Crippen LogP contribution in [0.3, 0.4) is 0 Å². The lowest BCUT2D eigenvalue weighted by Crippen LogP contribution is -2.32. The van der Waals surface area contributed by atoms with Crippen molar-refractivity contribution in [3.63, 3.8) is 0 Å². The molecule has 0 radical (unpaired) electrons. The van der Waals surface area contributed by atoms with Crippen LogP contribution in [0, 0.1) is 0 Å². The third-order valence-electron chi connectivity index (χ3n) is 2.14. The first-order chi connectivity index (χ1) is 5.88. The molecule has 1 saturated carbocycles. The molecule has 0 aromatic rings. The molecule has 0 saturated heterocycles. The second-order valence-electron chi connectivity index (χ2n) is 3.18. The molecule has 2 atom stereocenters. The van der Waals surface area contributed by atoms with E-state index in [9.17, 15) is 0 Å². The number of nitrogens with two attached hydrogens (primary N) is 1. The van der Waals surface area contributed by atoms with Crippen LogP contribution in [0.15, 0.2) is 0 Å². The molecule has 0 amide bonds. The molecule has 2 N–H and O–H groups in total. The topological polar surface area (TPSA) is 26.0 Å². The Hall–Kier alpha value is 0.660. The zero-order valence-corrected chi connectivity index (χ0v) is 9.42. The minimum Gasteiger partial charge on any atom is -0.330 e. The summed E-state index contributed by atoms with van der Waals surface area (Å²) in [5.41, 5.74) is 5.47. The molecule has 0 aromatic carbocycles. The van der Waals surface area contributed by atoms with Gasteiger partial charge in [-0.25, -0.2) is 0 Å². The summed E-state index contributed by atoms with van der Waals surface area (Å²) in [6, 6.07) is 0. The van der Waals surface area contributed by atoms with Crippen molar-refractivity contribution < 1.29 is 0 Å². The standard InChI is InChI=1S/C9H19NS2/c1-2-6-11-8-3-4-9(8)12-7-5-10/h8-9H,2-7,10H2,1H3. The van der Waals surface area contributed by atoms with Crippen molar-refractivity contribution in [2.24, 2.45) is 5.73 Å². The van der Waals surface area contributed by atoms with E-state index in [2.05, 4.69) is 30.4 Å². The molecule has 0 aliphatic heterocycles. The van der Waals surface area contributed by atoms with E-state index in [1.807, 2.05) is 0 Å². The molecule has 2 unspecified atom stereocenters. The van der Waals surface area contributed by atoms with Crippen LogP contribution in [-0.2, 0) is 0 Å². The fraction of sp³-hybridized carbons (Fsp3) is 1.00. The highest BCUT2D eigenvalue weighted by Crippen LogP contribution is 2.39. The summed E-state index contributed by atoms with van der Waals surface area (Å²) in [5.74, 6) is 2.48. The first-order valence-corrected chi connectivity index (χ1v) is 6.91. The number of hydrogen-bond donors (Lipinski definition) is 1. The summed E-state index contributed by atoms with van der Waals surface area (Å²) >= 11 is 4.24.